The lowest BCUT2D eigenvalue weighted by Gasteiger charge is -2.52. The lowest BCUT2D eigenvalue weighted by atomic mass is 9.56. The van der Waals surface area contributed by atoms with Crippen LogP contribution in [0.25, 0.3) is 0 Å². The Morgan fingerprint density at radius 1 is 1.35 bits per heavy atom. The highest BCUT2D eigenvalue weighted by Crippen LogP contribution is 2.52. The molecule has 1 radical (unpaired) electrons. The predicted octanol–water partition coefficient (Wildman–Crippen LogP) is 5.03. The Balaban J connectivity index is 2.30. The van der Waals surface area contributed by atoms with E-state index in [2.05, 4.69) is 45.1 Å². The van der Waals surface area contributed by atoms with Gasteiger partial charge in [-0.05, 0) is 37.2 Å². The molecule has 0 heterocycles. The largest absolute Gasteiger partial charge is 0.324 e. The van der Waals surface area contributed by atoms with Crippen LogP contribution in [-0.2, 0) is 0 Å². The maximum Gasteiger partial charge on any atom is 0.0254 e. The minimum atomic E-state index is -0.0464. The van der Waals surface area contributed by atoms with Crippen LogP contribution in [0.1, 0.15) is 72.1 Å². The first-order valence-corrected chi connectivity index (χ1v) is 8.61. The van der Waals surface area contributed by atoms with Crippen LogP contribution in [0.3, 0.4) is 0 Å². The van der Waals surface area contributed by atoms with Gasteiger partial charge in [0.05, 0.1) is 0 Å². The van der Waals surface area contributed by atoms with Crippen molar-refractivity contribution in [1.82, 2.24) is 0 Å². The molecule has 20 heavy (non-hydrogen) atoms. The zero-order valence-corrected chi connectivity index (χ0v) is 13.6. The van der Waals surface area contributed by atoms with E-state index in [0.29, 0.717) is 5.92 Å². The molecule has 1 saturated carbocycles. The van der Waals surface area contributed by atoms with Crippen LogP contribution in [0.15, 0.2) is 18.2 Å². The van der Waals surface area contributed by atoms with Crippen molar-refractivity contribution in [1.29, 1.82) is 0 Å². The smallest absolute Gasteiger partial charge is 0.0254 e. The third-order valence-electron chi connectivity index (χ3n) is 5.58. The average molecular weight is 274 g/mol. The highest BCUT2D eigenvalue weighted by molar-refractivity contribution is 5.23. The second-order valence-corrected chi connectivity index (χ2v) is 7.19. The molecule has 3 atom stereocenters. The van der Waals surface area contributed by atoms with E-state index >= 15 is 0 Å². The van der Waals surface area contributed by atoms with Gasteiger partial charge in [0.2, 0.25) is 0 Å². The monoisotopic (exact) mass is 274 g/mol. The van der Waals surface area contributed by atoms with Crippen LogP contribution < -0.4 is 5.73 Å². The quantitative estimate of drug-likeness (QED) is 0.660. The van der Waals surface area contributed by atoms with Gasteiger partial charge in [-0.1, -0.05) is 71.1 Å². The normalized spacial score (nSPS) is 30.2. The Kier molecular flexibility index (Phi) is 5.12. The summed E-state index contributed by atoms with van der Waals surface area (Å²) in [6, 6.07) is 0. The van der Waals surface area contributed by atoms with Gasteiger partial charge in [-0.3, -0.25) is 0 Å². The van der Waals surface area contributed by atoms with E-state index in [1.807, 2.05) is 0 Å². The Morgan fingerprint density at radius 2 is 2.10 bits per heavy atom. The summed E-state index contributed by atoms with van der Waals surface area (Å²) in [6.45, 7) is 6.97. The second kappa shape index (κ2) is 6.47. The molecule has 0 aliphatic heterocycles. The van der Waals surface area contributed by atoms with Gasteiger partial charge in [0.1, 0.15) is 0 Å². The van der Waals surface area contributed by atoms with Crippen LogP contribution >= 0.6 is 0 Å². The van der Waals surface area contributed by atoms with Gasteiger partial charge < -0.3 is 5.73 Å². The second-order valence-electron chi connectivity index (χ2n) is 7.19. The highest BCUT2D eigenvalue weighted by atomic mass is 14.8. The van der Waals surface area contributed by atoms with Crippen molar-refractivity contribution in [3.05, 3.63) is 24.3 Å². The van der Waals surface area contributed by atoms with Gasteiger partial charge >= 0.3 is 0 Å². The predicted molar refractivity (Wildman–Crippen MR) is 87.2 cm³/mol. The van der Waals surface area contributed by atoms with E-state index in [9.17, 15) is 0 Å². The lowest BCUT2D eigenvalue weighted by molar-refractivity contribution is 0.0759. The van der Waals surface area contributed by atoms with Crippen molar-refractivity contribution in [2.24, 2.45) is 23.0 Å². The zero-order chi connectivity index (χ0) is 14.6. The first kappa shape index (κ1) is 15.8. The molecule has 0 aromatic heterocycles. The fraction of sp³-hybridized carbons (Fsp3) is 0.789. The van der Waals surface area contributed by atoms with Crippen LogP contribution in [0, 0.1) is 23.3 Å². The summed E-state index contributed by atoms with van der Waals surface area (Å²) in [6.07, 6.45) is 20.0. The molecule has 0 bridgehead atoms. The molecule has 1 heteroatoms. The minimum absolute atomic E-state index is 0.0464. The maximum atomic E-state index is 7.09. The van der Waals surface area contributed by atoms with Gasteiger partial charge in [0.25, 0.3) is 0 Å². The molecule has 1 nitrogen and oxygen atoms in total. The first-order valence-electron chi connectivity index (χ1n) is 8.61. The molecular weight excluding hydrogens is 242 g/mol. The van der Waals surface area contributed by atoms with E-state index in [0.717, 1.165) is 18.8 Å². The number of hydrogen-bond donors (Lipinski definition) is 1. The molecule has 3 unspecified atom stereocenters. The van der Waals surface area contributed by atoms with E-state index in [1.54, 1.807) is 0 Å². The highest BCUT2D eigenvalue weighted by Gasteiger charge is 2.51. The summed E-state index contributed by atoms with van der Waals surface area (Å²) in [5, 5.41) is 0. The van der Waals surface area contributed by atoms with Crippen LogP contribution in [0.4, 0.5) is 0 Å². The first-order chi connectivity index (χ1) is 9.58. The SMILES string of the molecule is CCCC(C)C1(C(N)(CCC)CC2CC2)C=CC=[C]C1. The molecule has 0 aromatic rings. The molecule has 2 aliphatic carbocycles. The van der Waals surface area contributed by atoms with E-state index in [1.165, 1.54) is 38.5 Å². The third kappa shape index (κ3) is 3.03. The molecular formula is C19H32N. The van der Waals surface area contributed by atoms with Crippen molar-refractivity contribution in [2.45, 2.75) is 77.7 Å². The van der Waals surface area contributed by atoms with E-state index < -0.39 is 0 Å². The van der Waals surface area contributed by atoms with Crippen molar-refractivity contribution in [3.8, 4) is 0 Å². The molecule has 0 saturated heterocycles. The topological polar surface area (TPSA) is 26.0 Å². The molecule has 2 N–H and O–H groups in total. The van der Waals surface area contributed by atoms with Gasteiger partial charge in [-0.25, -0.2) is 0 Å². The van der Waals surface area contributed by atoms with Gasteiger partial charge in [0, 0.05) is 11.0 Å². The van der Waals surface area contributed by atoms with E-state index in [4.69, 9.17) is 5.73 Å². The van der Waals surface area contributed by atoms with E-state index in [-0.39, 0.29) is 11.0 Å². The third-order valence-corrected chi connectivity index (χ3v) is 5.58. The van der Waals surface area contributed by atoms with Crippen molar-refractivity contribution in [3.63, 3.8) is 0 Å². The summed E-state index contributed by atoms with van der Waals surface area (Å²) in [4.78, 5) is 0. The molecule has 1 fully saturated rings. The van der Waals surface area contributed by atoms with Crippen LogP contribution in [-0.4, -0.2) is 5.54 Å². The number of allylic oxidation sites excluding steroid dienone is 3. The Morgan fingerprint density at radius 3 is 2.60 bits per heavy atom. The molecule has 0 spiro atoms. The number of hydrogen-bond acceptors (Lipinski definition) is 1. The molecule has 2 rings (SSSR count). The fourth-order valence-electron chi connectivity index (χ4n) is 4.24. The maximum absolute atomic E-state index is 7.09. The fourth-order valence-corrected chi connectivity index (χ4v) is 4.24. The van der Waals surface area contributed by atoms with Gasteiger partial charge in [-0.2, -0.15) is 0 Å². The molecule has 0 aromatic carbocycles. The summed E-state index contributed by atoms with van der Waals surface area (Å²) < 4.78 is 0. The minimum Gasteiger partial charge on any atom is -0.324 e. The molecule has 0 amide bonds. The number of nitrogens with two attached hydrogens (primary N) is 1. The Bertz CT molecular complexity index is 366. The summed E-state index contributed by atoms with van der Waals surface area (Å²) in [5.74, 6) is 1.52. The standard InChI is InChI=1S/C19H32N/c1-4-9-16(3)18(13-7-6-8-14-18)19(20,12-5-2)15-17-10-11-17/h6-7,13,16-17H,4-5,9-12,14-15,20H2,1-3H3. The van der Waals surface area contributed by atoms with Crippen molar-refractivity contribution < 1.29 is 0 Å². The van der Waals surface area contributed by atoms with Gasteiger partial charge in [0.15, 0.2) is 0 Å². The number of rotatable bonds is 8. The Hall–Kier alpha value is -0.560. The lowest BCUT2D eigenvalue weighted by Crippen LogP contribution is -2.58. The van der Waals surface area contributed by atoms with Crippen molar-refractivity contribution >= 4 is 0 Å². The molecule has 2 aliphatic rings. The van der Waals surface area contributed by atoms with Gasteiger partial charge in [-0.15, -0.1) is 0 Å². The molecule has 113 valence electrons. The summed E-state index contributed by atoms with van der Waals surface area (Å²) >= 11 is 0. The van der Waals surface area contributed by atoms with Crippen LogP contribution in [0.2, 0.25) is 0 Å². The van der Waals surface area contributed by atoms with Crippen LogP contribution in [0.5, 0.6) is 0 Å². The zero-order valence-electron chi connectivity index (χ0n) is 13.6. The van der Waals surface area contributed by atoms with Crippen molar-refractivity contribution in [2.75, 3.05) is 0 Å². The Labute approximate surface area is 125 Å². The summed E-state index contributed by atoms with van der Waals surface area (Å²) in [7, 11) is 0. The average Bonchev–Trinajstić information content (AvgIpc) is 3.23. The summed E-state index contributed by atoms with van der Waals surface area (Å²) in [5.41, 5.74) is 7.16.